The largest absolute Gasteiger partial charge is 0.497 e. The molecule has 0 amide bonds. The smallest absolute Gasteiger partial charge is 0.161 e. The van der Waals surface area contributed by atoms with Crippen molar-refractivity contribution in [2.75, 3.05) is 12.4 Å². The minimum Gasteiger partial charge on any atom is -0.497 e. The standard InChI is InChI=1S/C25H19ClN4O2S/c1-31-19-9-5-8-17(12-19)24-30-22-23(27-15-28-25(22)33-24)29-18-10-11-21(20(26)13-18)32-14-16-6-3-2-4-7-16/h2-13,15H,14H2,1H3,(H,27,28,29). The number of hydrogen-bond acceptors (Lipinski definition) is 7. The van der Waals surface area contributed by atoms with E-state index in [1.54, 1.807) is 7.11 Å². The van der Waals surface area contributed by atoms with Crippen LogP contribution in [-0.2, 0) is 6.61 Å². The van der Waals surface area contributed by atoms with Crippen LogP contribution >= 0.6 is 22.9 Å². The summed E-state index contributed by atoms with van der Waals surface area (Å²) in [6.07, 6.45) is 1.52. The van der Waals surface area contributed by atoms with E-state index < -0.39 is 0 Å². The van der Waals surface area contributed by atoms with Crippen LogP contribution in [0, 0.1) is 0 Å². The van der Waals surface area contributed by atoms with Crippen LogP contribution in [0.25, 0.3) is 20.9 Å². The molecule has 2 aromatic heterocycles. The number of nitrogens with one attached hydrogen (secondary N) is 1. The Morgan fingerprint density at radius 2 is 1.85 bits per heavy atom. The van der Waals surface area contributed by atoms with Crippen molar-refractivity contribution in [1.82, 2.24) is 15.0 Å². The quantitative estimate of drug-likeness (QED) is 0.282. The second-order valence-electron chi connectivity index (χ2n) is 7.17. The molecule has 1 N–H and O–H groups in total. The summed E-state index contributed by atoms with van der Waals surface area (Å²) in [4.78, 5) is 14.3. The highest BCUT2D eigenvalue weighted by Gasteiger charge is 2.13. The third kappa shape index (κ3) is 4.74. The third-order valence-electron chi connectivity index (χ3n) is 4.94. The van der Waals surface area contributed by atoms with Gasteiger partial charge in [-0.05, 0) is 35.9 Å². The minimum absolute atomic E-state index is 0.450. The fourth-order valence-corrected chi connectivity index (χ4v) is 4.43. The van der Waals surface area contributed by atoms with E-state index in [-0.39, 0.29) is 0 Å². The Morgan fingerprint density at radius 1 is 0.970 bits per heavy atom. The third-order valence-corrected chi connectivity index (χ3v) is 6.25. The zero-order chi connectivity index (χ0) is 22.6. The Labute approximate surface area is 199 Å². The lowest BCUT2D eigenvalue weighted by Crippen LogP contribution is -1.98. The topological polar surface area (TPSA) is 69.2 Å². The molecule has 2 heterocycles. The summed E-state index contributed by atoms with van der Waals surface area (Å²) in [5, 5.41) is 4.66. The van der Waals surface area contributed by atoms with Gasteiger partial charge in [0.1, 0.15) is 39.8 Å². The molecule has 0 saturated carbocycles. The summed E-state index contributed by atoms with van der Waals surface area (Å²) in [5.41, 5.74) is 3.52. The van der Waals surface area contributed by atoms with E-state index in [1.165, 1.54) is 17.7 Å². The lowest BCUT2D eigenvalue weighted by atomic mass is 10.2. The zero-order valence-electron chi connectivity index (χ0n) is 17.7. The molecule has 0 saturated heterocycles. The first kappa shape index (κ1) is 21.2. The number of halogens is 1. The summed E-state index contributed by atoms with van der Waals surface area (Å²) < 4.78 is 11.2. The number of fused-ring (bicyclic) bond motifs is 1. The van der Waals surface area contributed by atoms with Gasteiger partial charge in [0.25, 0.3) is 0 Å². The van der Waals surface area contributed by atoms with Crippen LogP contribution in [0.15, 0.2) is 79.1 Å². The molecule has 0 spiro atoms. The SMILES string of the molecule is COc1cccc(-c2nc3c(Nc4ccc(OCc5ccccc5)c(Cl)c4)ncnc3s2)c1. The highest BCUT2D eigenvalue weighted by Crippen LogP contribution is 2.35. The molecule has 8 heteroatoms. The first-order valence-electron chi connectivity index (χ1n) is 10.2. The number of benzene rings is 3. The number of ether oxygens (including phenoxy) is 2. The molecule has 0 atom stereocenters. The average molecular weight is 475 g/mol. The number of thiazole rings is 1. The van der Waals surface area contributed by atoms with Crippen molar-refractivity contribution in [3.8, 4) is 22.1 Å². The van der Waals surface area contributed by atoms with Gasteiger partial charge in [0, 0.05) is 11.3 Å². The Balaban J connectivity index is 1.37. The average Bonchev–Trinajstić information content (AvgIpc) is 3.30. The molecule has 0 bridgehead atoms. The summed E-state index contributed by atoms with van der Waals surface area (Å²) in [5.74, 6) is 2.01. The monoisotopic (exact) mass is 474 g/mol. The lowest BCUT2D eigenvalue weighted by Gasteiger charge is -2.11. The van der Waals surface area contributed by atoms with Gasteiger partial charge in [0.2, 0.25) is 0 Å². The van der Waals surface area contributed by atoms with Crippen LogP contribution < -0.4 is 14.8 Å². The van der Waals surface area contributed by atoms with Crippen molar-refractivity contribution in [3.63, 3.8) is 0 Å². The van der Waals surface area contributed by atoms with Gasteiger partial charge in [-0.25, -0.2) is 15.0 Å². The number of rotatable bonds is 7. The van der Waals surface area contributed by atoms with Gasteiger partial charge >= 0.3 is 0 Å². The van der Waals surface area contributed by atoms with Crippen molar-refractivity contribution in [1.29, 1.82) is 0 Å². The first-order valence-corrected chi connectivity index (χ1v) is 11.4. The van der Waals surface area contributed by atoms with Crippen LogP contribution in [0.3, 0.4) is 0 Å². The molecule has 164 valence electrons. The van der Waals surface area contributed by atoms with Crippen LogP contribution in [0.5, 0.6) is 11.5 Å². The molecule has 5 rings (SSSR count). The fourth-order valence-electron chi connectivity index (χ4n) is 3.29. The maximum atomic E-state index is 6.47. The van der Waals surface area contributed by atoms with E-state index in [1.807, 2.05) is 72.8 Å². The minimum atomic E-state index is 0.450. The van der Waals surface area contributed by atoms with Crippen molar-refractivity contribution in [2.45, 2.75) is 6.61 Å². The Bertz CT molecular complexity index is 1410. The number of anilines is 2. The van der Waals surface area contributed by atoms with Crippen molar-refractivity contribution >= 4 is 44.8 Å². The Morgan fingerprint density at radius 3 is 2.67 bits per heavy atom. The van der Waals surface area contributed by atoms with Crippen LogP contribution in [-0.4, -0.2) is 22.1 Å². The van der Waals surface area contributed by atoms with Crippen molar-refractivity contribution in [2.24, 2.45) is 0 Å². The summed E-state index contributed by atoms with van der Waals surface area (Å²) >= 11 is 7.97. The van der Waals surface area contributed by atoms with E-state index in [2.05, 4.69) is 15.3 Å². The molecule has 5 aromatic rings. The second kappa shape index (κ2) is 9.44. The normalized spacial score (nSPS) is 10.8. The summed E-state index contributed by atoms with van der Waals surface area (Å²) in [7, 11) is 1.65. The molecule has 6 nitrogen and oxygen atoms in total. The molecule has 0 unspecified atom stereocenters. The van der Waals surface area contributed by atoms with E-state index >= 15 is 0 Å². The van der Waals surface area contributed by atoms with E-state index in [0.717, 1.165) is 32.4 Å². The second-order valence-corrected chi connectivity index (χ2v) is 8.56. The molecule has 0 aliphatic rings. The maximum absolute atomic E-state index is 6.47. The van der Waals surface area contributed by atoms with Gasteiger partial charge in [0.15, 0.2) is 5.82 Å². The molecular weight excluding hydrogens is 456 g/mol. The van der Waals surface area contributed by atoms with E-state index in [0.29, 0.717) is 28.7 Å². The van der Waals surface area contributed by atoms with Crippen molar-refractivity contribution in [3.05, 3.63) is 89.7 Å². The van der Waals surface area contributed by atoms with Gasteiger partial charge < -0.3 is 14.8 Å². The molecule has 0 radical (unpaired) electrons. The Kier molecular flexibility index (Phi) is 6.06. The van der Waals surface area contributed by atoms with Crippen LogP contribution in [0.2, 0.25) is 5.02 Å². The highest BCUT2D eigenvalue weighted by atomic mass is 35.5. The molecule has 33 heavy (non-hydrogen) atoms. The van der Waals surface area contributed by atoms with Crippen molar-refractivity contribution < 1.29 is 9.47 Å². The number of hydrogen-bond donors (Lipinski definition) is 1. The lowest BCUT2D eigenvalue weighted by molar-refractivity contribution is 0.306. The summed E-state index contributed by atoms with van der Waals surface area (Å²) in [6, 6.07) is 23.3. The highest BCUT2D eigenvalue weighted by molar-refractivity contribution is 7.21. The zero-order valence-corrected chi connectivity index (χ0v) is 19.2. The predicted molar refractivity (Wildman–Crippen MR) is 133 cm³/mol. The summed E-state index contributed by atoms with van der Waals surface area (Å²) in [6.45, 7) is 0.450. The Hall–Kier alpha value is -3.68. The molecule has 0 aliphatic heterocycles. The number of methoxy groups -OCH3 is 1. The number of aromatic nitrogens is 3. The van der Waals surface area contributed by atoms with E-state index in [4.69, 9.17) is 26.1 Å². The predicted octanol–water partition coefficient (Wildman–Crippen LogP) is 6.74. The molecular formula is C25H19ClN4O2S. The molecule has 0 aliphatic carbocycles. The molecule has 3 aromatic carbocycles. The van der Waals surface area contributed by atoms with Gasteiger partial charge in [-0.1, -0.05) is 65.4 Å². The van der Waals surface area contributed by atoms with Gasteiger partial charge in [-0.2, -0.15) is 0 Å². The maximum Gasteiger partial charge on any atom is 0.161 e. The van der Waals surface area contributed by atoms with Gasteiger partial charge in [-0.3, -0.25) is 0 Å². The van der Waals surface area contributed by atoms with Crippen LogP contribution in [0.1, 0.15) is 5.56 Å². The first-order chi connectivity index (χ1) is 16.2. The van der Waals surface area contributed by atoms with Crippen LogP contribution in [0.4, 0.5) is 11.5 Å². The number of nitrogens with zero attached hydrogens (tertiary/aromatic N) is 3. The van der Waals surface area contributed by atoms with E-state index in [9.17, 15) is 0 Å². The van der Waals surface area contributed by atoms with Gasteiger partial charge in [0.05, 0.1) is 12.1 Å². The fraction of sp³-hybridized carbons (Fsp3) is 0.0800. The molecule has 0 fully saturated rings. The van der Waals surface area contributed by atoms with Gasteiger partial charge in [-0.15, -0.1) is 0 Å².